The molecule has 0 bridgehead atoms. The predicted molar refractivity (Wildman–Crippen MR) is 134 cm³/mol. The maximum absolute atomic E-state index is 13.9. The number of fused-ring (bicyclic) bond motifs is 1. The fraction of sp³-hybridized carbons (Fsp3) is 0.185. The van der Waals surface area contributed by atoms with E-state index in [2.05, 4.69) is 0 Å². The molecule has 1 aromatic heterocycles. The largest absolute Gasteiger partial charge is 0.476 e. The first kappa shape index (κ1) is 24.9. The molecule has 6 nitrogen and oxygen atoms in total. The number of ether oxygens (including phenoxy) is 1. The fourth-order valence-corrected chi connectivity index (χ4v) is 4.86. The van der Waals surface area contributed by atoms with E-state index in [-0.39, 0.29) is 35.2 Å². The Labute approximate surface area is 214 Å². The van der Waals surface area contributed by atoms with E-state index >= 15 is 0 Å². The number of halogens is 4. The molecule has 2 heterocycles. The number of hydrogen-bond donors (Lipinski definition) is 1. The van der Waals surface area contributed by atoms with E-state index in [9.17, 15) is 22.8 Å². The Morgan fingerprint density at radius 2 is 1.62 bits per heavy atom. The summed E-state index contributed by atoms with van der Waals surface area (Å²) in [5.41, 5.74) is 4.77. The van der Waals surface area contributed by atoms with Gasteiger partial charge in [-0.2, -0.15) is 13.2 Å². The molecule has 2 unspecified atom stereocenters. The molecule has 37 heavy (non-hydrogen) atoms. The number of nitrogens with zero attached hydrogens (tertiary/aromatic N) is 2. The Morgan fingerprint density at radius 1 is 0.973 bits per heavy atom. The molecule has 0 saturated heterocycles. The van der Waals surface area contributed by atoms with Crippen LogP contribution in [0.2, 0.25) is 5.02 Å². The summed E-state index contributed by atoms with van der Waals surface area (Å²) in [4.78, 5) is 27.5. The van der Waals surface area contributed by atoms with Crippen LogP contribution in [0.1, 0.15) is 28.8 Å². The summed E-state index contributed by atoms with van der Waals surface area (Å²) < 4.78 is 49.4. The molecule has 1 aliphatic heterocycles. The Kier molecular flexibility index (Phi) is 6.43. The van der Waals surface area contributed by atoms with Gasteiger partial charge in [-0.25, -0.2) is 4.79 Å². The van der Waals surface area contributed by atoms with E-state index in [1.54, 1.807) is 48.5 Å². The number of benzene rings is 3. The summed E-state index contributed by atoms with van der Waals surface area (Å²) in [7, 11) is 0. The second-order valence-electron chi connectivity index (χ2n) is 8.66. The topological polar surface area (TPSA) is 79.2 Å². The maximum Gasteiger partial charge on any atom is 0.416 e. The standard InChI is InChI=1S/C27H21ClF3N3O3/c28-20-13-7-5-11-18(20)23-24(35)33(14-21(32)16-8-2-1-3-9-16)26(36)34-22(15-37-25(23)34)17-10-4-6-12-19(17)27(29,30)31/h1-13,21-22H,14-15,32H2. The normalized spacial score (nSPS) is 15.8. The molecule has 2 N–H and O–H groups in total. The van der Waals surface area contributed by atoms with E-state index in [1.807, 2.05) is 6.07 Å². The van der Waals surface area contributed by atoms with Gasteiger partial charge in [0.05, 0.1) is 12.1 Å². The smallest absolute Gasteiger partial charge is 0.416 e. The lowest BCUT2D eigenvalue weighted by Gasteiger charge is -2.21. The fourth-order valence-electron chi connectivity index (χ4n) is 4.63. The third-order valence-electron chi connectivity index (χ3n) is 6.39. The van der Waals surface area contributed by atoms with Crippen molar-refractivity contribution in [3.05, 3.63) is 121 Å². The summed E-state index contributed by atoms with van der Waals surface area (Å²) >= 11 is 6.40. The Morgan fingerprint density at radius 3 is 2.32 bits per heavy atom. The van der Waals surface area contributed by atoms with Crippen LogP contribution in [0, 0.1) is 0 Å². The third-order valence-corrected chi connectivity index (χ3v) is 6.72. The van der Waals surface area contributed by atoms with E-state index in [4.69, 9.17) is 22.1 Å². The van der Waals surface area contributed by atoms with Crippen LogP contribution in [0.25, 0.3) is 11.1 Å². The van der Waals surface area contributed by atoms with Crippen LogP contribution in [-0.4, -0.2) is 15.7 Å². The van der Waals surface area contributed by atoms with Crippen LogP contribution in [0.15, 0.2) is 88.5 Å². The van der Waals surface area contributed by atoms with Crippen LogP contribution < -0.4 is 21.7 Å². The van der Waals surface area contributed by atoms with Crippen LogP contribution in [0.5, 0.6) is 5.88 Å². The number of nitrogens with two attached hydrogens (primary N) is 1. The van der Waals surface area contributed by atoms with Gasteiger partial charge in [-0.05, 0) is 23.3 Å². The zero-order valence-corrected chi connectivity index (χ0v) is 20.0. The van der Waals surface area contributed by atoms with Gasteiger partial charge in [0, 0.05) is 16.6 Å². The van der Waals surface area contributed by atoms with Crippen LogP contribution >= 0.6 is 11.6 Å². The van der Waals surface area contributed by atoms with E-state index in [0.29, 0.717) is 11.1 Å². The molecule has 2 atom stereocenters. The average molecular weight is 528 g/mol. The van der Waals surface area contributed by atoms with Crippen molar-refractivity contribution in [2.45, 2.75) is 24.8 Å². The highest BCUT2D eigenvalue weighted by Crippen LogP contribution is 2.41. The molecule has 0 radical (unpaired) electrons. The van der Waals surface area contributed by atoms with Gasteiger partial charge < -0.3 is 10.5 Å². The highest BCUT2D eigenvalue weighted by Gasteiger charge is 2.40. The van der Waals surface area contributed by atoms with Crippen LogP contribution in [-0.2, 0) is 12.7 Å². The molecule has 0 saturated carbocycles. The molecule has 190 valence electrons. The Balaban J connectivity index is 1.76. The highest BCUT2D eigenvalue weighted by atomic mass is 35.5. The second-order valence-corrected chi connectivity index (χ2v) is 9.06. The molecular weight excluding hydrogens is 507 g/mol. The zero-order chi connectivity index (χ0) is 26.3. The second kappa shape index (κ2) is 9.57. The number of aromatic nitrogens is 2. The molecule has 0 aliphatic carbocycles. The molecule has 0 spiro atoms. The molecule has 3 aromatic carbocycles. The lowest BCUT2D eigenvalue weighted by Crippen LogP contribution is -2.43. The van der Waals surface area contributed by atoms with Gasteiger partial charge in [-0.1, -0.05) is 78.3 Å². The summed E-state index contributed by atoms with van der Waals surface area (Å²) in [6, 6.07) is 18.5. The van der Waals surface area contributed by atoms with Crippen LogP contribution in [0.3, 0.4) is 0 Å². The van der Waals surface area contributed by atoms with Gasteiger partial charge in [0.25, 0.3) is 5.56 Å². The summed E-state index contributed by atoms with van der Waals surface area (Å²) in [5.74, 6) is -0.130. The van der Waals surface area contributed by atoms with Gasteiger partial charge >= 0.3 is 11.9 Å². The number of rotatable bonds is 5. The van der Waals surface area contributed by atoms with Crippen molar-refractivity contribution in [1.82, 2.24) is 9.13 Å². The summed E-state index contributed by atoms with van der Waals surface area (Å²) in [6.07, 6.45) is -4.65. The minimum Gasteiger partial charge on any atom is -0.476 e. The van der Waals surface area contributed by atoms with Crippen molar-refractivity contribution in [2.75, 3.05) is 6.61 Å². The van der Waals surface area contributed by atoms with Crippen molar-refractivity contribution in [3.63, 3.8) is 0 Å². The third kappa shape index (κ3) is 4.45. The lowest BCUT2D eigenvalue weighted by molar-refractivity contribution is -0.138. The van der Waals surface area contributed by atoms with Gasteiger partial charge in [0.15, 0.2) is 0 Å². The summed E-state index contributed by atoms with van der Waals surface area (Å²) in [5, 5.41) is 0.225. The van der Waals surface area contributed by atoms with Crippen LogP contribution in [0.4, 0.5) is 13.2 Å². The average Bonchev–Trinajstić information content (AvgIpc) is 3.32. The highest BCUT2D eigenvalue weighted by molar-refractivity contribution is 6.33. The number of hydrogen-bond acceptors (Lipinski definition) is 4. The first-order valence-corrected chi connectivity index (χ1v) is 11.8. The van der Waals surface area contributed by atoms with Crippen molar-refractivity contribution in [1.29, 1.82) is 0 Å². The molecule has 4 aromatic rings. The van der Waals surface area contributed by atoms with Crippen molar-refractivity contribution in [3.8, 4) is 17.0 Å². The van der Waals surface area contributed by atoms with Gasteiger partial charge in [-0.3, -0.25) is 13.9 Å². The molecule has 0 amide bonds. The molecule has 0 fully saturated rings. The van der Waals surface area contributed by atoms with Gasteiger partial charge in [0.2, 0.25) is 5.88 Å². The maximum atomic E-state index is 13.9. The van der Waals surface area contributed by atoms with Crippen molar-refractivity contribution in [2.24, 2.45) is 5.73 Å². The summed E-state index contributed by atoms with van der Waals surface area (Å²) in [6.45, 7) is -0.471. The molecule has 5 rings (SSSR count). The molecular formula is C27H21ClF3N3O3. The Bertz CT molecular complexity index is 1580. The van der Waals surface area contributed by atoms with Gasteiger partial charge in [-0.15, -0.1) is 0 Å². The van der Waals surface area contributed by atoms with Crippen molar-refractivity contribution >= 4 is 11.6 Å². The van der Waals surface area contributed by atoms with E-state index < -0.39 is 35.1 Å². The van der Waals surface area contributed by atoms with Crippen molar-refractivity contribution < 1.29 is 17.9 Å². The first-order valence-electron chi connectivity index (χ1n) is 11.4. The van der Waals surface area contributed by atoms with E-state index in [1.165, 1.54) is 18.2 Å². The molecule has 1 aliphatic rings. The lowest BCUT2D eigenvalue weighted by atomic mass is 10.00. The van der Waals surface area contributed by atoms with E-state index in [0.717, 1.165) is 15.2 Å². The number of alkyl halides is 3. The zero-order valence-electron chi connectivity index (χ0n) is 19.3. The first-order chi connectivity index (χ1) is 17.7. The molecule has 10 heteroatoms. The predicted octanol–water partition coefficient (Wildman–Crippen LogP) is 5.03. The van der Waals surface area contributed by atoms with Gasteiger partial charge in [0.1, 0.15) is 18.2 Å². The minimum atomic E-state index is -4.65. The SMILES string of the molecule is NC(Cn1c(=O)c(-c2ccccc2Cl)c2n(c1=O)C(c1ccccc1C(F)(F)F)CO2)c1ccccc1. The monoisotopic (exact) mass is 527 g/mol. The minimum absolute atomic E-state index is 0.0162. The quantitative estimate of drug-likeness (QED) is 0.395. The Hall–Kier alpha value is -3.82.